The summed E-state index contributed by atoms with van der Waals surface area (Å²) in [5, 5.41) is 0. The van der Waals surface area contributed by atoms with Gasteiger partial charge in [-0.25, -0.2) is 0 Å². The average Bonchev–Trinajstić information content (AvgIpc) is 2.27. The van der Waals surface area contributed by atoms with Crippen LogP contribution in [0.1, 0.15) is 32.6 Å². The van der Waals surface area contributed by atoms with Gasteiger partial charge in [0.2, 0.25) is 0 Å². The fraction of sp³-hybridized carbons (Fsp3) is 0.545. The zero-order valence-corrected chi connectivity index (χ0v) is 7.47. The van der Waals surface area contributed by atoms with E-state index in [1.54, 1.807) is 0 Å². The maximum Gasteiger partial charge on any atom is 0.155 e. The van der Waals surface area contributed by atoms with Crippen LogP contribution >= 0.6 is 0 Å². The monoisotopic (exact) mass is 162 g/mol. The van der Waals surface area contributed by atoms with Crippen LogP contribution in [0.2, 0.25) is 0 Å². The largest absolute Gasteiger partial charge is 0.295 e. The molecule has 0 saturated carbocycles. The molecule has 1 nitrogen and oxygen atoms in total. The zero-order chi connectivity index (χ0) is 8.60. The number of fused-ring (bicyclic) bond motifs is 1. The van der Waals surface area contributed by atoms with Gasteiger partial charge < -0.3 is 0 Å². The van der Waals surface area contributed by atoms with Gasteiger partial charge in [0.05, 0.1) is 0 Å². The van der Waals surface area contributed by atoms with Crippen LogP contribution in [0.4, 0.5) is 0 Å². The highest BCUT2D eigenvalue weighted by Gasteiger charge is 2.31. The van der Waals surface area contributed by atoms with Gasteiger partial charge in [-0.2, -0.15) is 0 Å². The summed E-state index contributed by atoms with van der Waals surface area (Å²) in [5.74, 6) is 0.306. The Morgan fingerprint density at radius 2 is 2.33 bits per heavy atom. The molecule has 2 aliphatic carbocycles. The van der Waals surface area contributed by atoms with Crippen molar-refractivity contribution in [3.63, 3.8) is 0 Å². The minimum atomic E-state index is 0.284. The minimum Gasteiger partial charge on any atom is -0.295 e. The molecule has 1 unspecified atom stereocenters. The number of carbonyl (C=O) groups is 1. The smallest absolute Gasteiger partial charge is 0.155 e. The van der Waals surface area contributed by atoms with E-state index >= 15 is 0 Å². The lowest BCUT2D eigenvalue weighted by molar-refractivity contribution is -0.114. The van der Waals surface area contributed by atoms with Crippen LogP contribution in [0.15, 0.2) is 23.8 Å². The topological polar surface area (TPSA) is 17.1 Å². The predicted octanol–water partition coefficient (Wildman–Crippen LogP) is 2.63. The van der Waals surface area contributed by atoms with E-state index in [1.165, 1.54) is 5.57 Å². The molecule has 0 bridgehead atoms. The van der Waals surface area contributed by atoms with E-state index in [2.05, 4.69) is 19.1 Å². The summed E-state index contributed by atoms with van der Waals surface area (Å²) >= 11 is 0. The van der Waals surface area contributed by atoms with Gasteiger partial charge in [0.1, 0.15) is 0 Å². The summed E-state index contributed by atoms with van der Waals surface area (Å²) in [6, 6.07) is 0. The van der Waals surface area contributed by atoms with E-state index in [9.17, 15) is 4.79 Å². The summed E-state index contributed by atoms with van der Waals surface area (Å²) in [6.45, 7) is 2.26. The number of hydrogen-bond donors (Lipinski definition) is 0. The number of ketones is 1. The standard InChI is InChI=1S/C11H14O/c1-11-6-2-4-9(11)8-10(12)5-3-7-11/h2,4,8H,3,5-7H2,1H3. The van der Waals surface area contributed by atoms with Crippen molar-refractivity contribution < 1.29 is 4.79 Å². The Hall–Kier alpha value is -0.850. The van der Waals surface area contributed by atoms with Crippen LogP contribution in [0.3, 0.4) is 0 Å². The first-order valence-electron chi connectivity index (χ1n) is 4.62. The maximum absolute atomic E-state index is 11.3. The molecule has 0 aromatic carbocycles. The summed E-state index contributed by atoms with van der Waals surface area (Å²) < 4.78 is 0. The molecule has 12 heavy (non-hydrogen) atoms. The van der Waals surface area contributed by atoms with Crippen LogP contribution in [-0.2, 0) is 4.79 Å². The highest BCUT2D eigenvalue weighted by molar-refractivity contribution is 5.91. The summed E-state index contributed by atoms with van der Waals surface area (Å²) in [4.78, 5) is 11.3. The normalized spacial score (nSPS) is 34.4. The summed E-state index contributed by atoms with van der Waals surface area (Å²) in [7, 11) is 0. The van der Waals surface area contributed by atoms with E-state index < -0.39 is 0 Å². The SMILES string of the molecule is CC12CC=CC1=CC(=O)CCC2. The maximum atomic E-state index is 11.3. The summed E-state index contributed by atoms with van der Waals surface area (Å²) in [6.07, 6.45) is 10.2. The van der Waals surface area contributed by atoms with Crippen LogP contribution in [0.5, 0.6) is 0 Å². The van der Waals surface area contributed by atoms with Gasteiger partial charge in [0, 0.05) is 6.42 Å². The third-order valence-electron chi connectivity index (χ3n) is 3.03. The fourth-order valence-electron chi connectivity index (χ4n) is 2.13. The third-order valence-corrected chi connectivity index (χ3v) is 3.03. The molecule has 0 saturated heterocycles. The van der Waals surface area contributed by atoms with Gasteiger partial charge in [-0.1, -0.05) is 19.1 Å². The molecule has 0 fully saturated rings. The Labute approximate surface area is 73.2 Å². The lowest BCUT2D eigenvalue weighted by Crippen LogP contribution is -2.12. The highest BCUT2D eigenvalue weighted by atomic mass is 16.1. The lowest BCUT2D eigenvalue weighted by atomic mass is 9.80. The van der Waals surface area contributed by atoms with E-state index in [-0.39, 0.29) is 5.41 Å². The molecule has 0 spiro atoms. The van der Waals surface area contributed by atoms with Gasteiger partial charge >= 0.3 is 0 Å². The number of allylic oxidation sites excluding steroid dienone is 4. The van der Waals surface area contributed by atoms with Gasteiger partial charge in [0.25, 0.3) is 0 Å². The molecule has 0 aromatic rings. The van der Waals surface area contributed by atoms with E-state index in [0.29, 0.717) is 5.78 Å². The molecule has 0 aromatic heterocycles. The molecular formula is C11H14O. The third kappa shape index (κ3) is 1.13. The Bertz CT molecular complexity index is 273. The van der Waals surface area contributed by atoms with Crippen molar-refractivity contribution in [1.29, 1.82) is 0 Å². The van der Waals surface area contributed by atoms with Crippen LogP contribution in [-0.4, -0.2) is 5.78 Å². The molecular weight excluding hydrogens is 148 g/mol. The first-order chi connectivity index (χ1) is 5.71. The van der Waals surface area contributed by atoms with Crippen molar-refractivity contribution in [2.45, 2.75) is 32.6 Å². The van der Waals surface area contributed by atoms with Crippen molar-refractivity contribution in [3.8, 4) is 0 Å². The number of hydrogen-bond acceptors (Lipinski definition) is 1. The Kier molecular flexibility index (Phi) is 1.67. The van der Waals surface area contributed by atoms with Gasteiger partial charge in [-0.05, 0) is 36.3 Å². The van der Waals surface area contributed by atoms with Crippen molar-refractivity contribution >= 4 is 5.78 Å². The van der Waals surface area contributed by atoms with Crippen molar-refractivity contribution in [3.05, 3.63) is 23.8 Å². The lowest BCUT2D eigenvalue weighted by Gasteiger charge is -2.23. The van der Waals surface area contributed by atoms with Crippen LogP contribution in [0.25, 0.3) is 0 Å². The molecule has 0 heterocycles. The minimum absolute atomic E-state index is 0.284. The molecule has 2 aliphatic rings. The second kappa shape index (κ2) is 2.58. The van der Waals surface area contributed by atoms with E-state index in [0.717, 1.165) is 25.7 Å². The van der Waals surface area contributed by atoms with E-state index in [1.807, 2.05) is 6.08 Å². The highest BCUT2D eigenvalue weighted by Crippen LogP contribution is 2.43. The second-order valence-electron chi connectivity index (χ2n) is 4.09. The molecule has 0 aliphatic heterocycles. The van der Waals surface area contributed by atoms with Crippen molar-refractivity contribution in [1.82, 2.24) is 0 Å². The average molecular weight is 162 g/mol. The Morgan fingerprint density at radius 3 is 3.17 bits per heavy atom. The van der Waals surface area contributed by atoms with Crippen molar-refractivity contribution in [2.24, 2.45) is 5.41 Å². The van der Waals surface area contributed by atoms with Gasteiger partial charge in [0.15, 0.2) is 5.78 Å². The number of rotatable bonds is 0. The van der Waals surface area contributed by atoms with Gasteiger partial charge in [-0.3, -0.25) is 4.79 Å². The zero-order valence-electron chi connectivity index (χ0n) is 7.47. The quantitative estimate of drug-likeness (QED) is 0.535. The Morgan fingerprint density at radius 1 is 1.50 bits per heavy atom. The van der Waals surface area contributed by atoms with Crippen molar-refractivity contribution in [2.75, 3.05) is 0 Å². The fourth-order valence-corrected chi connectivity index (χ4v) is 2.13. The molecule has 0 radical (unpaired) electrons. The predicted molar refractivity (Wildman–Crippen MR) is 48.8 cm³/mol. The number of carbonyl (C=O) groups excluding carboxylic acids is 1. The second-order valence-corrected chi connectivity index (χ2v) is 4.09. The Balaban J connectivity index is 2.36. The molecule has 64 valence electrons. The van der Waals surface area contributed by atoms with Crippen LogP contribution in [0, 0.1) is 5.41 Å². The molecule has 0 N–H and O–H groups in total. The molecule has 1 atom stereocenters. The first kappa shape index (κ1) is 7.78. The first-order valence-corrected chi connectivity index (χ1v) is 4.62. The molecule has 1 heteroatoms. The van der Waals surface area contributed by atoms with Gasteiger partial charge in [-0.15, -0.1) is 0 Å². The molecule has 0 amide bonds. The van der Waals surface area contributed by atoms with Crippen LogP contribution < -0.4 is 0 Å². The van der Waals surface area contributed by atoms with E-state index in [4.69, 9.17) is 0 Å². The molecule has 2 rings (SSSR count). The summed E-state index contributed by atoms with van der Waals surface area (Å²) in [5.41, 5.74) is 1.54.